The Kier molecular flexibility index (Phi) is 4.31. The molecule has 19 heavy (non-hydrogen) atoms. The van der Waals surface area contributed by atoms with Gasteiger partial charge in [0, 0.05) is 29.2 Å². The van der Waals surface area contributed by atoms with Gasteiger partial charge in [0.05, 0.1) is 0 Å². The van der Waals surface area contributed by atoms with E-state index in [1.165, 1.54) is 0 Å². The highest BCUT2D eigenvalue weighted by Gasteiger charge is 2.34. The Morgan fingerprint density at radius 1 is 1.37 bits per heavy atom. The topological polar surface area (TPSA) is 23.6 Å². The van der Waals surface area contributed by atoms with E-state index in [0.29, 0.717) is 12.0 Å². The van der Waals surface area contributed by atoms with Crippen molar-refractivity contribution in [3.63, 3.8) is 0 Å². The lowest BCUT2D eigenvalue weighted by atomic mass is 10.1. The molecule has 1 saturated heterocycles. The summed E-state index contributed by atoms with van der Waals surface area (Å²) in [7, 11) is 4.17. The summed E-state index contributed by atoms with van der Waals surface area (Å²) < 4.78 is 0.995. The standard InChI is InChI=1S/C15H21BrN2O/c1-10-8-18(9-14(10)17(3)4)15(19)12-6-5-7-13(16)11(12)2/h5-7,10,14H,8-9H2,1-4H3. The van der Waals surface area contributed by atoms with Gasteiger partial charge in [0.1, 0.15) is 0 Å². The van der Waals surface area contributed by atoms with Crippen molar-refractivity contribution in [2.75, 3.05) is 27.2 Å². The number of carbonyl (C=O) groups is 1. The summed E-state index contributed by atoms with van der Waals surface area (Å²) in [6, 6.07) is 6.27. The molecular formula is C15H21BrN2O. The Morgan fingerprint density at radius 2 is 2.05 bits per heavy atom. The largest absolute Gasteiger partial charge is 0.337 e. The van der Waals surface area contributed by atoms with Crippen LogP contribution in [0.25, 0.3) is 0 Å². The van der Waals surface area contributed by atoms with Crippen molar-refractivity contribution in [2.24, 2.45) is 5.92 Å². The van der Waals surface area contributed by atoms with E-state index in [1.807, 2.05) is 30.0 Å². The fourth-order valence-electron chi connectivity index (χ4n) is 2.80. The maximum absolute atomic E-state index is 12.6. The van der Waals surface area contributed by atoms with E-state index in [9.17, 15) is 4.79 Å². The van der Waals surface area contributed by atoms with Gasteiger partial charge in [0.15, 0.2) is 0 Å². The van der Waals surface area contributed by atoms with Crippen LogP contribution in [0.5, 0.6) is 0 Å². The van der Waals surface area contributed by atoms with Crippen LogP contribution in [0.15, 0.2) is 22.7 Å². The maximum atomic E-state index is 12.6. The lowest BCUT2D eigenvalue weighted by molar-refractivity contribution is 0.0780. The van der Waals surface area contributed by atoms with Crippen LogP contribution in [0.1, 0.15) is 22.8 Å². The van der Waals surface area contributed by atoms with Crippen LogP contribution < -0.4 is 0 Å². The normalized spacial score (nSPS) is 23.2. The molecule has 2 rings (SSSR count). The van der Waals surface area contributed by atoms with Crippen LogP contribution in [0.2, 0.25) is 0 Å². The SMILES string of the molecule is Cc1c(Br)cccc1C(=O)N1CC(C)C(N(C)C)C1. The van der Waals surface area contributed by atoms with Gasteiger partial charge in [-0.05, 0) is 44.6 Å². The number of amides is 1. The van der Waals surface area contributed by atoms with Crippen molar-refractivity contribution >= 4 is 21.8 Å². The smallest absolute Gasteiger partial charge is 0.254 e. The molecule has 0 bridgehead atoms. The molecule has 1 aromatic carbocycles. The summed E-state index contributed by atoms with van der Waals surface area (Å²) in [5.74, 6) is 0.668. The summed E-state index contributed by atoms with van der Waals surface area (Å²) in [6.07, 6.45) is 0. The lowest BCUT2D eigenvalue weighted by Gasteiger charge is -2.22. The van der Waals surface area contributed by atoms with Crippen molar-refractivity contribution < 1.29 is 4.79 Å². The number of likely N-dealkylation sites (N-methyl/N-ethyl adjacent to an activating group) is 1. The van der Waals surface area contributed by atoms with Crippen molar-refractivity contribution in [3.8, 4) is 0 Å². The molecule has 0 aromatic heterocycles. The number of carbonyl (C=O) groups excluding carboxylic acids is 1. The van der Waals surface area contributed by atoms with Gasteiger partial charge < -0.3 is 9.80 Å². The average Bonchev–Trinajstić information content (AvgIpc) is 2.74. The molecule has 1 aliphatic rings. The highest BCUT2D eigenvalue weighted by molar-refractivity contribution is 9.10. The van der Waals surface area contributed by atoms with Crippen molar-refractivity contribution in [1.29, 1.82) is 0 Å². The summed E-state index contributed by atoms with van der Waals surface area (Å²) in [4.78, 5) is 16.8. The number of rotatable bonds is 2. The third-order valence-corrected chi connectivity index (χ3v) is 4.88. The van der Waals surface area contributed by atoms with Gasteiger partial charge in [-0.25, -0.2) is 0 Å². The summed E-state index contributed by atoms with van der Waals surface area (Å²) in [5, 5.41) is 0. The molecule has 1 aromatic rings. The Bertz CT molecular complexity index is 487. The number of hydrogen-bond acceptors (Lipinski definition) is 2. The number of halogens is 1. The van der Waals surface area contributed by atoms with E-state index in [2.05, 4.69) is 41.8 Å². The fraction of sp³-hybridized carbons (Fsp3) is 0.533. The summed E-state index contributed by atoms with van der Waals surface area (Å²) >= 11 is 3.49. The fourth-order valence-corrected chi connectivity index (χ4v) is 3.16. The highest BCUT2D eigenvalue weighted by atomic mass is 79.9. The van der Waals surface area contributed by atoms with Crippen LogP contribution in [0.3, 0.4) is 0 Å². The van der Waals surface area contributed by atoms with E-state index in [-0.39, 0.29) is 5.91 Å². The summed E-state index contributed by atoms with van der Waals surface area (Å²) in [6.45, 7) is 5.86. The van der Waals surface area contributed by atoms with Gasteiger partial charge in [0.2, 0.25) is 0 Å². The van der Waals surface area contributed by atoms with Crippen LogP contribution in [-0.4, -0.2) is 48.9 Å². The second-order valence-corrected chi connectivity index (χ2v) is 6.49. The molecule has 1 amide bonds. The third-order valence-electron chi connectivity index (χ3n) is 4.02. The van der Waals surface area contributed by atoms with Gasteiger partial charge in [-0.1, -0.05) is 28.9 Å². The van der Waals surface area contributed by atoms with E-state index in [1.54, 1.807) is 0 Å². The molecule has 3 nitrogen and oxygen atoms in total. The first-order valence-corrected chi connectivity index (χ1v) is 7.42. The Morgan fingerprint density at radius 3 is 2.63 bits per heavy atom. The van der Waals surface area contributed by atoms with Crippen molar-refractivity contribution in [2.45, 2.75) is 19.9 Å². The van der Waals surface area contributed by atoms with Crippen molar-refractivity contribution in [3.05, 3.63) is 33.8 Å². The zero-order chi connectivity index (χ0) is 14.2. The minimum atomic E-state index is 0.148. The minimum Gasteiger partial charge on any atom is -0.337 e. The highest BCUT2D eigenvalue weighted by Crippen LogP contribution is 2.25. The van der Waals surface area contributed by atoms with Crippen LogP contribution in [0, 0.1) is 12.8 Å². The van der Waals surface area contributed by atoms with Gasteiger partial charge in [-0.2, -0.15) is 0 Å². The van der Waals surface area contributed by atoms with E-state index >= 15 is 0 Å². The predicted molar refractivity (Wildman–Crippen MR) is 81.4 cm³/mol. The molecule has 1 aliphatic heterocycles. The summed E-state index contributed by atoms with van der Waals surface area (Å²) in [5.41, 5.74) is 1.83. The van der Waals surface area contributed by atoms with Crippen LogP contribution >= 0.6 is 15.9 Å². The lowest BCUT2D eigenvalue weighted by Crippen LogP contribution is -2.36. The Hall–Kier alpha value is -0.870. The number of benzene rings is 1. The van der Waals surface area contributed by atoms with Gasteiger partial charge in [-0.15, -0.1) is 0 Å². The quantitative estimate of drug-likeness (QED) is 0.835. The van der Waals surface area contributed by atoms with Crippen molar-refractivity contribution in [1.82, 2.24) is 9.80 Å². The van der Waals surface area contributed by atoms with Gasteiger partial charge >= 0.3 is 0 Å². The minimum absolute atomic E-state index is 0.148. The molecule has 0 spiro atoms. The molecule has 1 fully saturated rings. The van der Waals surface area contributed by atoms with Gasteiger partial charge in [0.25, 0.3) is 5.91 Å². The van der Waals surface area contributed by atoms with E-state index in [4.69, 9.17) is 0 Å². The predicted octanol–water partition coefficient (Wildman–Crippen LogP) is 2.78. The second kappa shape index (κ2) is 5.63. The number of hydrogen-bond donors (Lipinski definition) is 0. The first-order valence-electron chi connectivity index (χ1n) is 6.62. The molecule has 0 N–H and O–H groups in total. The monoisotopic (exact) mass is 324 g/mol. The molecule has 1 heterocycles. The molecule has 2 unspecified atom stereocenters. The first-order chi connectivity index (χ1) is 8.91. The zero-order valence-electron chi connectivity index (χ0n) is 12.0. The molecule has 104 valence electrons. The Balaban J connectivity index is 2.20. The van der Waals surface area contributed by atoms with Gasteiger partial charge in [-0.3, -0.25) is 4.79 Å². The van der Waals surface area contributed by atoms with E-state index < -0.39 is 0 Å². The first kappa shape index (κ1) is 14.5. The molecule has 0 saturated carbocycles. The molecule has 0 aliphatic carbocycles. The second-order valence-electron chi connectivity index (χ2n) is 5.63. The number of likely N-dealkylation sites (tertiary alicyclic amines) is 1. The number of nitrogens with zero attached hydrogens (tertiary/aromatic N) is 2. The maximum Gasteiger partial charge on any atom is 0.254 e. The van der Waals surface area contributed by atoms with Crippen LogP contribution in [0.4, 0.5) is 0 Å². The van der Waals surface area contributed by atoms with Crippen LogP contribution in [-0.2, 0) is 0 Å². The zero-order valence-corrected chi connectivity index (χ0v) is 13.6. The Labute approximate surface area is 123 Å². The molecular weight excluding hydrogens is 304 g/mol. The molecule has 2 atom stereocenters. The average molecular weight is 325 g/mol. The molecule has 0 radical (unpaired) electrons. The van der Waals surface area contributed by atoms with E-state index in [0.717, 1.165) is 28.7 Å². The third kappa shape index (κ3) is 2.84. The molecule has 4 heteroatoms.